The van der Waals surface area contributed by atoms with Gasteiger partial charge in [0.15, 0.2) is 5.16 Å². The number of rotatable bonds is 7. The number of thioether (sulfide) groups is 1. The standard InChI is InChI=1S/C20H20N4O3S2/c1-4-15-12(2)17-18(29-15)23-20(28-11-16(25)22-9-8-21)24(19(17)26)13-6-5-7-14(10-13)27-3/h5-7,10H,4,9,11H2,1-3H3,(H,22,25). The van der Waals surface area contributed by atoms with Crippen molar-refractivity contribution in [2.45, 2.75) is 25.4 Å². The van der Waals surface area contributed by atoms with Crippen LogP contribution in [-0.4, -0.2) is 34.9 Å². The molecule has 0 spiro atoms. The number of carbonyl (C=O) groups excluding carboxylic acids is 1. The van der Waals surface area contributed by atoms with Gasteiger partial charge in [-0.05, 0) is 31.0 Å². The minimum absolute atomic E-state index is 0.0502. The first-order valence-corrected chi connectivity index (χ1v) is 10.8. The number of thiophene rings is 1. The normalized spacial score (nSPS) is 10.7. The second-order valence-corrected chi connectivity index (χ2v) is 8.17. The Morgan fingerprint density at radius 3 is 2.93 bits per heavy atom. The highest BCUT2D eigenvalue weighted by Gasteiger charge is 2.19. The van der Waals surface area contributed by atoms with Crippen LogP contribution < -0.4 is 15.6 Å². The van der Waals surface area contributed by atoms with Gasteiger partial charge in [0, 0.05) is 10.9 Å². The maximum Gasteiger partial charge on any atom is 0.267 e. The summed E-state index contributed by atoms with van der Waals surface area (Å²) in [6, 6.07) is 9.04. The molecule has 0 unspecified atom stereocenters. The lowest BCUT2D eigenvalue weighted by molar-refractivity contribution is -0.118. The molecule has 0 radical (unpaired) electrons. The molecule has 150 valence electrons. The molecular formula is C20H20N4O3S2. The lowest BCUT2D eigenvalue weighted by atomic mass is 10.2. The van der Waals surface area contributed by atoms with Crippen LogP contribution in [0.5, 0.6) is 5.75 Å². The molecule has 3 rings (SSSR count). The van der Waals surface area contributed by atoms with E-state index in [1.165, 1.54) is 15.9 Å². The lowest BCUT2D eigenvalue weighted by Gasteiger charge is -2.13. The number of amides is 1. The molecule has 3 aromatic rings. The summed E-state index contributed by atoms with van der Waals surface area (Å²) in [7, 11) is 1.56. The highest BCUT2D eigenvalue weighted by molar-refractivity contribution is 7.99. The van der Waals surface area contributed by atoms with Gasteiger partial charge in [-0.15, -0.1) is 11.3 Å². The number of fused-ring (bicyclic) bond motifs is 1. The number of nitriles is 1. The number of hydrogen-bond donors (Lipinski definition) is 1. The predicted molar refractivity (Wildman–Crippen MR) is 115 cm³/mol. The van der Waals surface area contributed by atoms with Crippen LogP contribution in [-0.2, 0) is 11.2 Å². The van der Waals surface area contributed by atoms with Crippen LogP contribution in [0.25, 0.3) is 15.9 Å². The molecule has 1 aromatic carbocycles. The third-order valence-electron chi connectivity index (χ3n) is 4.36. The van der Waals surface area contributed by atoms with Gasteiger partial charge in [0.05, 0.1) is 30.0 Å². The summed E-state index contributed by atoms with van der Waals surface area (Å²) in [5.41, 5.74) is 1.40. The Balaban J connectivity index is 2.15. The molecule has 2 aromatic heterocycles. The number of aromatic nitrogens is 2. The van der Waals surface area contributed by atoms with E-state index in [9.17, 15) is 9.59 Å². The van der Waals surface area contributed by atoms with Gasteiger partial charge in [-0.3, -0.25) is 14.2 Å². The molecule has 0 atom stereocenters. The molecule has 0 fully saturated rings. The summed E-state index contributed by atoms with van der Waals surface area (Å²) in [6.07, 6.45) is 0.824. The van der Waals surface area contributed by atoms with E-state index in [-0.39, 0.29) is 23.8 Å². The molecule has 1 amide bonds. The van der Waals surface area contributed by atoms with Crippen molar-refractivity contribution in [3.05, 3.63) is 45.1 Å². The topological polar surface area (TPSA) is 97.0 Å². The van der Waals surface area contributed by atoms with E-state index in [1.807, 2.05) is 19.9 Å². The fourth-order valence-electron chi connectivity index (χ4n) is 2.94. The van der Waals surface area contributed by atoms with Gasteiger partial charge in [0.25, 0.3) is 5.56 Å². The zero-order chi connectivity index (χ0) is 21.0. The third-order valence-corrected chi connectivity index (χ3v) is 6.63. The largest absolute Gasteiger partial charge is 0.497 e. The maximum atomic E-state index is 13.4. The number of hydrogen-bond acceptors (Lipinski definition) is 7. The van der Waals surface area contributed by atoms with Crippen molar-refractivity contribution in [3.63, 3.8) is 0 Å². The fourth-order valence-corrected chi connectivity index (χ4v) is 4.94. The van der Waals surface area contributed by atoms with Crippen molar-refractivity contribution in [1.29, 1.82) is 5.26 Å². The summed E-state index contributed by atoms with van der Waals surface area (Å²) < 4.78 is 6.82. The molecule has 2 heterocycles. The minimum Gasteiger partial charge on any atom is -0.497 e. The quantitative estimate of drug-likeness (QED) is 0.353. The molecular weight excluding hydrogens is 408 g/mol. The molecule has 0 bridgehead atoms. The first-order chi connectivity index (χ1) is 14.0. The highest BCUT2D eigenvalue weighted by atomic mass is 32.2. The Kier molecular flexibility index (Phi) is 6.56. The zero-order valence-corrected chi connectivity index (χ0v) is 17.9. The Bertz CT molecular complexity index is 1160. The molecule has 0 aliphatic carbocycles. The number of nitrogens with one attached hydrogen (secondary N) is 1. The lowest BCUT2D eigenvalue weighted by Crippen LogP contribution is -2.26. The number of methoxy groups -OCH3 is 1. The maximum absolute atomic E-state index is 13.4. The third kappa shape index (κ3) is 4.28. The molecule has 0 aliphatic heterocycles. The van der Waals surface area contributed by atoms with Gasteiger partial charge in [0.2, 0.25) is 5.91 Å². The molecule has 0 saturated carbocycles. The number of ether oxygens (including phenoxy) is 1. The van der Waals surface area contributed by atoms with Crippen LogP contribution in [0.1, 0.15) is 17.4 Å². The van der Waals surface area contributed by atoms with E-state index in [2.05, 4.69) is 5.32 Å². The van der Waals surface area contributed by atoms with E-state index in [0.29, 0.717) is 26.8 Å². The van der Waals surface area contributed by atoms with E-state index < -0.39 is 0 Å². The molecule has 0 saturated heterocycles. The van der Waals surface area contributed by atoms with Gasteiger partial charge >= 0.3 is 0 Å². The van der Waals surface area contributed by atoms with Crippen molar-refractivity contribution >= 4 is 39.2 Å². The van der Waals surface area contributed by atoms with Gasteiger partial charge < -0.3 is 10.1 Å². The summed E-state index contributed by atoms with van der Waals surface area (Å²) in [5.74, 6) is 0.377. The van der Waals surface area contributed by atoms with Gasteiger partial charge in [-0.1, -0.05) is 24.8 Å². The van der Waals surface area contributed by atoms with Crippen LogP contribution in [0.2, 0.25) is 0 Å². The summed E-state index contributed by atoms with van der Waals surface area (Å²) in [5, 5.41) is 12.1. The molecule has 1 N–H and O–H groups in total. The average Bonchev–Trinajstić information content (AvgIpc) is 3.06. The van der Waals surface area contributed by atoms with Gasteiger partial charge in [-0.2, -0.15) is 5.26 Å². The van der Waals surface area contributed by atoms with Crippen LogP contribution >= 0.6 is 23.1 Å². The second-order valence-electron chi connectivity index (χ2n) is 6.14. The Morgan fingerprint density at radius 1 is 1.45 bits per heavy atom. The number of nitrogens with zero attached hydrogens (tertiary/aromatic N) is 3. The molecule has 9 heteroatoms. The van der Waals surface area contributed by atoms with Crippen molar-refractivity contribution in [1.82, 2.24) is 14.9 Å². The second kappa shape index (κ2) is 9.11. The molecule has 7 nitrogen and oxygen atoms in total. The van der Waals surface area contributed by atoms with Gasteiger partial charge in [0.1, 0.15) is 17.1 Å². The van der Waals surface area contributed by atoms with Crippen LogP contribution in [0, 0.1) is 18.3 Å². The Hall–Kier alpha value is -2.83. The Morgan fingerprint density at radius 2 is 2.24 bits per heavy atom. The van der Waals surface area contributed by atoms with Crippen molar-refractivity contribution in [2.24, 2.45) is 0 Å². The van der Waals surface area contributed by atoms with Gasteiger partial charge in [-0.25, -0.2) is 4.98 Å². The van der Waals surface area contributed by atoms with E-state index in [4.69, 9.17) is 15.0 Å². The summed E-state index contributed by atoms with van der Waals surface area (Å²) in [6.45, 7) is 3.94. The van der Waals surface area contributed by atoms with E-state index in [0.717, 1.165) is 28.6 Å². The number of carbonyl (C=O) groups is 1. The number of aryl methyl sites for hydroxylation is 2. The smallest absolute Gasteiger partial charge is 0.267 e. The predicted octanol–water partition coefficient (Wildman–Crippen LogP) is 3.06. The van der Waals surface area contributed by atoms with Crippen LogP contribution in [0.3, 0.4) is 0 Å². The Labute approximate surface area is 176 Å². The van der Waals surface area contributed by atoms with Crippen molar-refractivity contribution in [2.75, 3.05) is 19.4 Å². The minimum atomic E-state index is -0.292. The van der Waals surface area contributed by atoms with Crippen molar-refractivity contribution < 1.29 is 9.53 Å². The first kappa shape index (κ1) is 20.9. The van der Waals surface area contributed by atoms with Crippen molar-refractivity contribution in [3.8, 4) is 17.5 Å². The average molecular weight is 429 g/mol. The highest BCUT2D eigenvalue weighted by Crippen LogP contribution is 2.31. The molecule has 29 heavy (non-hydrogen) atoms. The SMILES string of the molecule is CCc1sc2nc(SCC(=O)NCC#N)n(-c3cccc(OC)c3)c(=O)c2c1C. The fraction of sp³-hybridized carbons (Fsp3) is 0.300. The summed E-state index contributed by atoms with van der Waals surface area (Å²) >= 11 is 2.67. The van der Waals surface area contributed by atoms with Crippen LogP contribution in [0.15, 0.2) is 34.2 Å². The van der Waals surface area contributed by atoms with E-state index in [1.54, 1.807) is 31.4 Å². The van der Waals surface area contributed by atoms with Crippen LogP contribution in [0.4, 0.5) is 0 Å². The van der Waals surface area contributed by atoms with E-state index >= 15 is 0 Å². The molecule has 0 aliphatic rings. The monoisotopic (exact) mass is 428 g/mol. The summed E-state index contributed by atoms with van der Waals surface area (Å²) in [4.78, 5) is 31.9. The number of benzene rings is 1. The first-order valence-electron chi connectivity index (χ1n) is 8.96. The zero-order valence-electron chi connectivity index (χ0n) is 16.3.